The molecule has 3 aromatic rings. The number of para-hydroxylation sites is 1. The second kappa shape index (κ2) is 9.43. The standard InChI is InChI=1S/C21H21F3N6O3S/c1-15-5-4-8-18(25-15)26-19-9-10-20(28-27-19)29-11-13-30(14-12-29)34(31,32)17-7-3-2-6-16(17)33-21(22,23)24/h2-10H,11-14H2,1H3,(H,25,26,27). The van der Waals surface area contributed by atoms with E-state index in [0.29, 0.717) is 30.5 Å². The molecule has 1 saturated heterocycles. The van der Waals surface area contributed by atoms with Crippen molar-refractivity contribution in [2.45, 2.75) is 18.2 Å². The first kappa shape index (κ1) is 23.7. The molecule has 4 rings (SSSR count). The van der Waals surface area contributed by atoms with E-state index < -0.39 is 27.0 Å². The predicted octanol–water partition coefficient (Wildman–Crippen LogP) is 3.33. The lowest BCUT2D eigenvalue weighted by molar-refractivity contribution is -0.275. The maximum atomic E-state index is 13.0. The fourth-order valence-corrected chi connectivity index (χ4v) is 5.01. The van der Waals surface area contributed by atoms with Crippen LogP contribution in [0, 0.1) is 6.92 Å². The first-order chi connectivity index (χ1) is 16.1. The molecule has 1 aliphatic rings. The molecule has 34 heavy (non-hydrogen) atoms. The molecule has 1 fully saturated rings. The molecule has 0 bridgehead atoms. The zero-order valence-corrected chi connectivity index (χ0v) is 18.8. The molecule has 180 valence electrons. The maximum absolute atomic E-state index is 13.0. The van der Waals surface area contributed by atoms with Crippen LogP contribution in [0.15, 0.2) is 59.5 Å². The summed E-state index contributed by atoms with van der Waals surface area (Å²) in [6.45, 7) is 2.60. The molecular formula is C21H21F3N6O3S. The zero-order chi connectivity index (χ0) is 24.3. The van der Waals surface area contributed by atoms with E-state index in [2.05, 4.69) is 25.2 Å². The summed E-state index contributed by atoms with van der Waals surface area (Å²) in [4.78, 5) is 5.67. The van der Waals surface area contributed by atoms with Crippen molar-refractivity contribution in [3.63, 3.8) is 0 Å². The number of anilines is 3. The second-order valence-corrected chi connectivity index (χ2v) is 9.36. The summed E-state index contributed by atoms with van der Waals surface area (Å²) in [6, 6.07) is 13.8. The van der Waals surface area contributed by atoms with Gasteiger partial charge in [-0.05, 0) is 43.3 Å². The Morgan fingerprint density at radius 1 is 0.912 bits per heavy atom. The van der Waals surface area contributed by atoms with Gasteiger partial charge in [0, 0.05) is 31.9 Å². The number of alkyl halides is 3. The van der Waals surface area contributed by atoms with Crippen LogP contribution in [0.4, 0.5) is 30.6 Å². The topological polar surface area (TPSA) is 101 Å². The monoisotopic (exact) mass is 494 g/mol. The number of nitrogens with one attached hydrogen (secondary N) is 1. The third kappa shape index (κ3) is 5.54. The Bertz CT molecular complexity index is 1250. The van der Waals surface area contributed by atoms with Crippen molar-refractivity contribution >= 4 is 27.5 Å². The Labute approximate surface area is 194 Å². The fourth-order valence-electron chi connectivity index (χ4n) is 3.47. The summed E-state index contributed by atoms with van der Waals surface area (Å²) in [5.41, 5.74) is 0.856. The molecule has 3 heterocycles. The van der Waals surface area contributed by atoms with E-state index in [-0.39, 0.29) is 13.1 Å². The highest BCUT2D eigenvalue weighted by atomic mass is 32.2. The van der Waals surface area contributed by atoms with Crippen molar-refractivity contribution in [1.82, 2.24) is 19.5 Å². The molecule has 0 radical (unpaired) electrons. The van der Waals surface area contributed by atoms with Gasteiger partial charge in [0.2, 0.25) is 10.0 Å². The number of sulfonamides is 1. The molecule has 13 heteroatoms. The minimum absolute atomic E-state index is 0.0670. The quantitative estimate of drug-likeness (QED) is 0.557. The van der Waals surface area contributed by atoms with E-state index in [9.17, 15) is 21.6 Å². The van der Waals surface area contributed by atoms with Gasteiger partial charge in [0.05, 0.1) is 0 Å². The maximum Gasteiger partial charge on any atom is 0.573 e. The van der Waals surface area contributed by atoms with E-state index in [1.165, 1.54) is 12.1 Å². The van der Waals surface area contributed by atoms with Gasteiger partial charge in [-0.2, -0.15) is 4.31 Å². The lowest BCUT2D eigenvalue weighted by Gasteiger charge is -2.34. The van der Waals surface area contributed by atoms with Gasteiger partial charge in [0.25, 0.3) is 0 Å². The number of halogens is 3. The van der Waals surface area contributed by atoms with E-state index in [4.69, 9.17) is 0 Å². The van der Waals surface area contributed by atoms with Crippen molar-refractivity contribution < 1.29 is 26.3 Å². The molecule has 0 atom stereocenters. The second-order valence-electron chi connectivity index (χ2n) is 7.45. The first-order valence-corrected chi connectivity index (χ1v) is 11.7. The van der Waals surface area contributed by atoms with Gasteiger partial charge in [-0.1, -0.05) is 18.2 Å². The minimum Gasteiger partial charge on any atom is -0.404 e. The summed E-state index contributed by atoms with van der Waals surface area (Å²) in [6.07, 6.45) is -5.00. The number of nitrogens with zero attached hydrogens (tertiary/aromatic N) is 5. The van der Waals surface area contributed by atoms with Crippen LogP contribution in [0.2, 0.25) is 0 Å². The van der Waals surface area contributed by atoms with Crippen LogP contribution in [0.25, 0.3) is 0 Å². The summed E-state index contributed by atoms with van der Waals surface area (Å²) >= 11 is 0. The van der Waals surface area contributed by atoms with Crippen LogP contribution in [0.5, 0.6) is 5.75 Å². The number of aromatic nitrogens is 3. The Balaban J connectivity index is 1.41. The Hall–Kier alpha value is -3.45. The summed E-state index contributed by atoms with van der Waals surface area (Å²) in [7, 11) is -4.19. The lowest BCUT2D eigenvalue weighted by Crippen LogP contribution is -2.49. The molecule has 0 aliphatic carbocycles. The third-order valence-corrected chi connectivity index (χ3v) is 6.99. The van der Waals surface area contributed by atoms with Gasteiger partial charge < -0.3 is 15.0 Å². The molecule has 0 saturated carbocycles. The third-order valence-electron chi connectivity index (χ3n) is 5.05. The van der Waals surface area contributed by atoms with Gasteiger partial charge in [-0.25, -0.2) is 13.4 Å². The molecule has 1 aromatic carbocycles. The molecule has 1 N–H and O–H groups in total. The van der Waals surface area contributed by atoms with Crippen LogP contribution >= 0.6 is 0 Å². The van der Waals surface area contributed by atoms with Gasteiger partial charge in [-0.15, -0.1) is 23.4 Å². The van der Waals surface area contributed by atoms with Crippen molar-refractivity contribution in [1.29, 1.82) is 0 Å². The number of piperazine rings is 1. The van der Waals surface area contributed by atoms with E-state index in [0.717, 1.165) is 22.1 Å². The van der Waals surface area contributed by atoms with Gasteiger partial charge in [0.15, 0.2) is 11.6 Å². The van der Waals surface area contributed by atoms with Gasteiger partial charge in [-0.3, -0.25) is 0 Å². The number of rotatable bonds is 6. The Morgan fingerprint density at radius 3 is 2.29 bits per heavy atom. The smallest absolute Gasteiger partial charge is 0.404 e. The fraction of sp³-hybridized carbons (Fsp3) is 0.286. The van der Waals surface area contributed by atoms with E-state index >= 15 is 0 Å². The molecule has 2 aromatic heterocycles. The van der Waals surface area contributed by atoms with Crippen LogP contribution in [-0.2, 0) is 10.0 Å². The highest BCUT2D eigenvalue weighted by Gasteiger charge is 2.36. The molecule has 0 unspecified atom stereocenters. The van der Waals surface area contributed by atoms with Crippen molar-refractivity contribution in [3.8, 4) is 5.75 Å². The molecule has 0 spiro atoms. The summed E-state index contributed by atoms with van der Waals surface area (Å²) in [5.74, 6) is 0.940. The number of ether oxygens (including phenoxy) is 1. The average molecular weight is 494 g/mol. The van der Waals surface area contributed by atoms with Gasteiger partial charge in [0.1, 0.15) is 16.5 Å². The lowest BCUT2D eigenvalue weighted by atomic mass is 10.3. The van der Waals surface area contributed by atoms with Crippen molar-refractivity contribution in [2.75, 3.05) is 36.4 Å². The number of aryl methyl sites for hydroxylation is 1. The van der Waals surface area contributed by atoms with Crippen LogP contribution in [-0.4, -0.2) is 60.4 Å². The molecular weight excluding hydrogens is 473 g/mol. The summed E-state index contributed by atoms with van der Waals surface area (Å²) < 4.78 is 69.1. The zero-order valence-electron chi connectivity index (χ0n) is 18.0. The van der Waals surface area contributed by atoms with Crippen molar-refractivity contribution in [2.24, 2.45) is 0 Å². The number of benzene rings is 1. The largest absolute Gasteiger partial charge is 0.573 e. The van der Waals surface area contributed by atoms with Crippen LogP contribution < -0.4 is 15.0 Å². The van der Waals surface area contributed by atoms with Crippen LogP contribution in [0.1, 0.15) is 5.69 Å². The van der Waals surface area contributed by atoms with Gasteiger partial charge >= 0.3 is 6.36 Å². The first-order valence-electron chi connectivity index (χ1n) is 10.3. The Morgan fingerprint density at radius 2 is 1.65 bits per heavy atom. The highest BCUT2D eigenvalue weighted by Crippen LogP contribution is 2.32. The predicted molar refractivity (Wildman–Crippen MR) is 118 cm³/mol. The minimum atomic E-state index is -5.00. The van der Waals surface area contributed by atoms with Crippen molar-refractivity contribution in [3.05, 3.63) is 60.3 Å². The normalized spacial score (nSPS) is 15.2. The van der Waals surface area contributed by atoms with E-state index in [1.807, 2.05) is 24.0 Å². The number of hydrogen-bond acceptors (Lipinski definition) is 8. The Kier molecular flexibility index (Phi) is 6.57. The summed E-state index contributed by atoms with van der Waals surface area (Å²) in [5, 5.41) is 11.4. The molecule has 9 nitrogen and oxygen atoms in total. The SMILES string of the molecule is Cc1cccc(Nc2ccc(N3CCN(S(=O)(=O)c4ccccc4OC(F)(F)F)CC3)nn2)n1. The molecule has 1 aliphatic heterocycles. The van der Waals surface area contributed by atoms with Crippen LogP contribution in [0.3, 0.4) is 0 Å². The number of hydrogen-bond donors (Lipinski definition) is 1. The van der Waals surface area contributed by atoms with E-state index in [1.54, 1.807) is 18.2 Å². The number of pyridine rings is 1. The average Bonchev–Trinajstić information content (AvgIpc) is 2.79. The molecule has 0 amide bonds. The highest BCUT2D eigenvalue weighted by molar-refractivity contribution is 7.89.